The highest BCUT2D eigenvalue weighted by Crippen LogP contribution is 2.08. The Morgan fingerprint density at radius 1 is 1.69 bits per heavy atom. The van der Waals surface area contributed by atoms with Gasteiger partial charge in [0.15, 0.2) is 0 Å². The molecule has 3 heteroatoms. The fourth-order valence-electron chi connectivity index (χ4n) is 0.881. The summed E-state index contributed by atoms with van der Waals surface area (Å²) in [7, 11) is 0. The van der Waals surface area contributed by atoms with Crippen LogP contribution < -0.4 is 0 Å². The predicted molar refractivity (Wildman–Crippen MR) is 54.6 cm³/mol. The van der Waals surface area contributed by atoms with Gasteiger partial charge in [0.05, 0.1) is 13.0 Å². The van der Waals surface area contributed by atoms with Gasteiger partial charge in [0, 0.05) is 0 Å². The van der Waals surface area contributed by atoms with Crippen molar-refractivity contribution in [3.05, 3.63) is 28.5 Å². The molecule has 1 aromatic heterocycles. The van der Waals surface area contributed by atoms with Gasteiger partial charge in [-0.25, -0.2) is 0 Å². The standard InChI is InChI=1S/C10H12O2S/c1-2-12-10(11)5-3-4-9-6-7-13-8-9/h3-4,6-8H,2,5H2,1H3. The summed E-state index contributed by atoms with van der Waals surface area (Å²) in [6, 6.07) is 2.01. The van der Waals surface area contributed by atoms with Gasteiger partial charge in [-0.15, -0.1) is 0 Å². The Bertz CT molecular complexity index is 275. The van der Waals surface area contributed by atoms with Crippen LogP contribution in [-0.4, -0.2) is 12.6 Å². The Hall–Kier alpha value is -1.09. The van der Waals surface area contributed by atoms with Crippen LogP contribution in [0.2, 0.25) is 0 Å². The van der Waals surface area contributed by atoms with Crippen molar-refractivity contribution in [1.82, 2.24) is 0 Å². The van der Waals surface area contributed by atoms with Crippen LogP contribution in [0.4, 0.5) is 0 Å². The van der Waals surface area contributed by atoms with E-state index in [1.807, 2.05) is 29.0 Å². The molecular weight excluding hydrogens is 184 g/mol. The van der Waals surface area contributed by atoms with E-state index in [4.69, 9.17) is 4.74 Å². The molecule has 0 spiro atoms. The van der Waals surface area contributed by atoms with Crippen molar-refractivity contribution < 1.29 is 9.53 Å². The number of carbonyl (C=O) groups excluding carboxylic acids is 1. The van der Waals surface area contributed by atoms with Crippen LogP contribution in [-0.2, 0) is 9.53 Å². The highest BCUT2D eigenvalue weighted by Gasteiger charge is 1.95. The van der Waals surface area contributed by atoms with Gasteiger partial charge >= 0.3 is 5.97 Å². The number of esters is 1. The smallest absolute Gasteiger partial charge is 0.309 e. The van der Waals surface area contributed by atoms with Crippen LogP contribution in [0.5, 0.6) is 0 Å². The average Bonchev–Trinajstić information content (AvgIpc) is 2.57. The van der Waals surface area contributed by atoms with E-state index in [2.05, 4.69) is 0 Å². The van der Waals surface area contributed by atoms with E-state index in [9.17, 15) is 4.79 Å². The molecule has 0 aliphatic carbocycles. The first-order valence-electron chi connectivity index (χ1n) is 4.17. The van der Waals surface area contributed by atoms with Crippen molar-refractivity contribution in [3.63, 3.8) is 0 Å². The summed E-state index contributed by atoms with van der Waals surface area (Å²) in [5.41, 5.74) is 1.13. The molecule has 13 heavy (non-hydrogen) atoms. The van der Waals surface area contributed by atoms with Crippen LogP contribution >= 0.6 is 11.3 Å². The lowest BCUT2D eigenvalue weighted by atomic mass is 10.3. The number of carbonyl (C=O) groups is 1. The van der Waals surface area contributed by atoms with Gasteiger partial charge in [0.25, 0.3) is 0 Å². The Labute approximate surface area is 81.8 Å². The maximum atomic E-state index is 10.9. The summed E-state index contributed by atoms with van der Waals surface area (Å²) in [6.45, 7) is 2.26. The Kier molecular flexibility index (Phi) is 4.26. The minimum absolute atomic E-state index is 0.172. The van der Waals surface area contributed by atoms with E-state index in [0.717, 1.165) is 5.56 Å². The maximum Gasteiger partial charge on any atom is 0.309 e. The average molecular weight is 196 g/mol. The van der Waals surface area contributed by atoms with Crippen molar-refractivity contribution >= 4 is 23.4 Å². The summed E-state index contributed by atoms with van der Waals surface area (Å²) >= 11 is 1.64. The van der Waals surface area contributed by atoms with Crippen molar-refractivity contribution in [3.8, 4) is 0 Å². The molecule has 0 N–H and O–H groups in total. The zero-order valence-corrected chi connectivity index (χ0v) is 8.34. The summed E-state index contributed by atoms with van der Waals surface area (Å²) in [4.78, 5) is 10.9. The topological polar surface area (TPSA) is 26.3 Å². The minimum Gasteiger partial charge on any atom is -0.466 e. The van der Waals surface area contributed by atoms with E-state index in [0.29, 0.717) is 13.0 Å². The van der Waals surface area contributed by atoms with Gasteiger partial charge in [-0.05, 0) is 29.3 Å². The van der Waals surface area contributed by atoms with Gasteiger partial charge in [0.2, 0.25) is 0 Å². The molecule has 2 nitrogen and oxygen atoms in total. The molecule has 0 aliphatic rings. The van der Waals surface area contributed by atoms with Crippen LogP contribution in [0.15, 0.2) is 22.9 Å². The lowest BCUT2D eigenvalue weighted by Crippen LogP contribution is -2.01. The first-order valence-corrected chi connectivity index (χ1v) is 5.11. The van der Waals surface area contributed by atoms with E-state index in [-0.39, 0.29) is 5.97 Å². The summed E-state index contributed by atoms with van der Waals surface area (Å²) in [5.74, 6) is -0.172. The number of rotatable bonds is 4. The van der Waals surface area contributed by atoms with Crippen molar-refractivity contribution in [2.45, 2.75) is 13.3 Å². The van der Waals surface area contributed by atoms with Gasteiger partial charge in [-0.2, -0.15) is 11.3 Å². The van der Waals surface area contributed by atoms with Crippen LogP contribution in [0.25, 0.3) is 6.08 Å². The first kappa shape index (κ1) is 9.99. The number of thiophene rings is 1. The number of ether oxygens (including phenoxy) is 1. The van der Waals surface area contributed by atoms with E-state index in [1.165, 1.54) is 0 Å². The SMILES string of the molecule is CCOC(=O)CC=Cc1ccsc1. The lowest BCUT2D eigenvalue weighted by molar-refractivity contribution is -0.142. The summed E-state index contributed by atoms with van der Waals surface area (Å²) < 4.78 is 4.77. The Morgan fingerprint density at radius 2 is 2.54 bits per heavy atom. The molecule has 0 unspecified atom stereocenters. The van der Waals surface area contributed by atoms with Crippen LogP contribution in [0.1, 0.15) is 18.9 Å². The van der Waals surface area contributed by atoms with Gasteiger partial charge in [-0.3, -0.25) is 4.79 Å². The summed E-state index contributed by atoms with van der Waals surface area (Å²) in [6.07, 6.45) is 4.09. The predicted octanol–water partition coefficient (Wildman–Crippen LogP) is 2.71. The van der Waals surface area contributed by atoms with Gasteiger partial charge in [-0.1, -0.05) is 12.2 Å². The largest absolute Gasteiger partial charge is 0.466 e. The Balaban J connectivity index is 2.30. The highest BCUT2D eigenvalue weighted by atomic mass is 32.1. The third kappa shape index (κ3) is 3.90. The quantitative estimate of drug-likeness (QED) is 0.692. The molecule has 0 saturated carbocycles. The van der Waals surface area contributed by atoms with Crippen molar-refractivity contribution in [2.24, 2.45) is 0 Å². The molecule has 0 saturated heterocycles. The zero-order chi connectivity index (χ0) is 9.52. The van der Waals surface area contributed by atoms with Crippen molar-refractivity contribution in [2.75, 3.05) is 6.61 Å². The second kappa shape index (κ2) is 5.54. The number of hydrogen-bond donors (Lipinski definition) is 0. The Morgan fingerprint density at radius 3 is 3.15 bits per heavy atom. The molecule has 0 bridgehead atoms. The molecule has 0 fully saturated rings. The third-order valence-corrected chi connectivity index (χ3v) is 2.14. The molecule has 1 heterocycles. The molecular formula is C10H12O2S. The second-order valence-electron chi connectivity index (χ2n) is 2.47. The molecule has 1 rings (SSSR count). The van der Waals surface area contributed by atoms with E-state index >= 15 is 0 Å². The monoisotopic (exact) mass is 196 g/mol. The summed E-state index contributed by atoms with van der Waals surface area (Å²) in [5, 5.41) is 4.03. The molecule has 0 atom stereocenters. The molecule has 0 aromatic carbocycles. The molecule has 1 aromatic rings. The molecule has 0 aliphatic heterocycles. The third-order valence-electron chi connectivity index (χ3n) is 1.44. The van der Waals surface area contributed by atoms with Crippen LogP contribution in [0, 0.1) is 0 Å². The normalized spacial score (nSPS) is 10.5. The highest BCUT2D eigenvalue weighted by molar-refractivity contribution is 7.08. The fourth-order valence-corrected chi connectivity index (χ4v) is 1.51. The fraction of sp³-hybridized carbons (Fsp3) is 0.300. The first-order chi connectivity index (χ1) is 6.33. The van der Waals surface area contributed by atoms with E-state index < -0.39 is 0 Å². The minimum atomic E-state index is -0.172. The van der Waals surface area contributed by atoms with Crippen LogP contribution in [0.3, 0.4) is 0 Å². The van der Waals surface area contributed by atoms with Gasteiger partial charge in [0.1, 0.15) is 0 Å². The molecule has 70 valence electrons. The maximum absolute atomic E-state index is 10.9. The number of hydrogen-bond acceptors (Lipinski definition) is 3. The molecule has 0 amide bonds. The zero-order valence-electron chi connectivity index (χ0n) is 7.53. The van der Waals surface area contributed by atoms with E-state index in [1.54, 1.807) is 18.3 Å². The van der Waals surface area contributed by atoms with Crippen molar-refractivity contribution in [1.29, 1.82) is 0 Å². The molecule has 0 radical (unpaired) electrons. The van der Waals surface area contributed by atoms with Gasteiger partial charge < -0.3 is 4.74 Å². The lowest BCUT2D eigenvalue weighted by Gasteiger charge is -1.95. The second-order valence-corrected chi connectivity index (χ2v) is 3.25.